The summed E-state index contributed by atoms with van der Waals surface area (Å²) in [6, 6.07) is 5.31. The van der Waals surface area contributed by atoms with Crippen molar-refractivity contribution in [2.24, 2.45) is 5.73 Å². The molecule has 0 fully saturated rings. The van der Waals surface area contributed by atoms with Gasteiger partial charge in [-0.05, 0) is 44.0 Å². The highest BCUT2D eigenvalue weighted by Gasteiger charge is 2.23. The maximum Gasteiger partial charge on any atom is 0.270 e. The van der Waals surface area contributed by atoms with Gasteiger partial charge in [-0.2, -0.15) is 0 Å². The number of nitrogens with zero attached hydrogens (tertiary/aromatic N) is 2. The SMILES string of the molecule is CCC(C)(N)CNC(=O)c1c(C)nc2c(OCc3c(F)cccc3F)cc(COC)cn12.Cl. The number of aryl methyl sites for hydroxylation is 1. The monoisotopic (exact) mass is 482 g/mol. The van der Waals surface area contributed by atoms with E-state index in [2.05, 4.69) is 10.3 Å². The number of carbonyl (C=O) groups excluding carboxylic acids is 1. The van der Waals surface area contributed by atoms with Gasteiger partial charge in [0.05, 0.1) is 17.9 Å². The van der Waals surface area contributed by atoms with Gasteiger partial charge in [-0.25, -0.2) is 13.8 Å². The molecule has 0 saturated heterocycles. The number of hydrogen-bond donors (Lipinski definition) is 2. The summed E-state index contributed by atoms with van der Waals surface area (Å²) in [7, 11) is 1.54. The first-order valence-corrected chi connectivity index (χ1v) is 10.3. The number of imidazole rings is 1. The maximum atomic E-state index is 14.0. The number of nitrogens with one attached hydrogen (secondary N) is 1. The molecule has 7 nitrogen and oxygen atoms in total. The van der Waals surface area contributed by atoms with Crippen molar-refractivity contribution >= 4 is 24.0 Å². The van der Waals surface area contributed by atoms with Crippen LogP contribution in [-0.2, 0) is 18.0 Å². The lowest BCUT2D eigenvalue weighted by Gasteiger charge is -2.23. The summed E-state index contributed by atoms with van der Waals surface area (Å²) in [6.45, 7) is 5.72. The zero-order chi connectivity index (χ0) is 23.5. The fourth-order valence-corrected chi connectivity index (χ4v) is 3.22. The molecule has 33 heavy (non-hydrogen) atoms. The van der Waals surface area contributed by atoms with Gasteiger partial charge in [-0.1, -0.05) is 13.0 Å². The van der Waals surface area contributed by atoms with E-state index in [1.165, 1.54) is 18.2 Å². The van der Waals surface area contributed by atoms with Crippen molar-refractivity contribution < 1.29 is 23.0 Å². The molecule has 0 radical (unpaired) electrons. The molecular weight excluding hydrogens is 454 g/mol. The van der Waals surface area contributed by atoms with Crippen LogP contribution in [0.25, 0.3) is 5.65 Å². The van der Waals surface area contributed by atoms with Gasteiger partial charge in [0.15, 0.2) is 11.4 Å². The highest BCUT2D eigenvalue weighted by atomic mass is 35.5. The van der Waals surface area contributed by atoms with Crippen LogP contribution in [0.2, 0.25) is 0 Å². The van der Waals surface area contributed by atoms with Crippen molar-refractivity contribution in [1.82, 2.24) is 14.7 Å². The highest BCUT2D eigenvalue weighted by molar-refractivity contribution is 5.95. The Kier molecular flexibility index (Phi) is 8.76. The van der Waals surface area contributed by atoms with Crippen LogP contribution >= 0.6 is 12.4 Å². The molecule has 3 rings (SSSR count). The lowest BCUT2D eigenvalue weighted by Crippen LogP contribution is -2.47. The molecule has 180 valence electrons. The summed E-state index contributed by atoms with van der Waals surface area (Å²) in [5.41, 5.74) is 7.28. The molecular formula is C23H29ClF2N4O3. The van der Waals surface area contributed by atoms with Crippen molar-refractivity contribution in [1.29, 1.82) is 0 Å². The fraction of sp³-hybridized carbons (Fsp3) is 0.391. The lowest BCUT2D eigenvalue weighted by molar-refractivity contribution is 0.0937. The van der Waals surface area contributed by atoms with Crippen molar-refractivity contribution in [2.75, 3.05) is 13.7 Å². The Labute approximate surface area is 197 Å². The van der Waals surface area contributed by atoms with E-state index >= 15 is 0 Å². The first kappa shape index (κ1) is 26.5. The van der Waals surface area contributed by atoms with Crippen LogP contribution < -0.4 is 15.8 Å². The topological polar surface area (TPSA) is 90.9 Å². The summed E-state index contributed by atoms with van der Waals surface area (Å²) >= 11 is 0. The van der Waals surface area contributed by atoms with Crippen LogP contribution in [0.4, 0.5) is 8.78 Å². The number of hydrogen-bond acceptors (Lipinski definition) is 5. The third kappa shape index (κ3) is 5.98. The van der Waals surface area contributed by atoms with Crippen LogP contribution in [0, 0.1) is 18.6 Å². The number of benzene rings is 1. The van der Waals surface area contributed by atoms with Crippen LogP contribution in [0.3, 0.4) is 0 Å². The number of carbonyl (C=O) groups is 1. The largest absolute Gasteiger partial charge is 0.485 e. The van der Waals surface area contributed by atoms with Crippen LogP contribution in [0.15, 0.2) is 30.5 Å². The van der Waals surface area contributed by atoms with Gasteiger partial charge in [0.1, 0.15) is 23.9 Å². The molecule has 3 aromatic rings. The highest BCUT2D eigenvalue weighted by Crippen LogP contribution is 2.26. The Morgan fingerprint density at radius 2 is 1.94 bits per heavy atom. The zero-order valence-electron chi connectivity index (χ0n) is 19.1. The number of rotatable bonds is 9. The smallest absolute Gasteiger partial charge is 0.270 e. The Bertz CT molecular complexity index is 1110. The van der Waals surface area contributed by atoms with E-state index in [0.717, 1.165) is 0 Å². The first-order valence-electron chi connectivity index (χ1n) is 10.3. The Hall–Kier alpha value is -2.75. The molecule has 0 spiro atoms. The van der Waals surface area contributed by atoms with Gasteiger partial charge in [0, 0.05) is 25.4 Å². The first-order chi connectivity index (χ1) is 15.2. The molecule has 0 aliphatic heterocycles. The van der Waals surface area contributed by atoms with E-state index in [1.807, 2.05) is 13.8 Å². The van der Waals surface area contributed by atoms with Gasteiger partial charge in [0.2, 0.25) is 0 Å². The summed E-state index contributed by atoms with van der Waals surface area (Å²) in [4.78, 5) is 17.4. The van der Waals surface area contributed by atoms with Gasteiger partial charge in [-0.15, -0.1) is 12.4 Å². The van der Waals surface area contributed by atoms with E-state index in [-0.39, 0.29) is 42.8 Å². The van der Waals surface area contributed by atoms with Crippen LogP contribution in [0.5, 0.6) is 5.75 Å². The van der Waals surface area contributed by atoms with E-state index < -0.39 is 17.2 Å². The van der Waals surface area contributed by atoms with E-state index in [4.69, 9.17) is 15.2 Å². The molecule has 1 amide bonds. The number of fused-ring (bicyclic) bond motifs is 1. The molecule has 1 atom stereocenters. The Balaban J connectivity index is 0.00000385. The predicted octanol–water partition coefficient (Wildman–Crippen LogP) is 3.93. The number of nitrogens with two attached hydrogens (primary N) is 1. The average molecular weight is 483 g/mol. The summed E-state index contributed by atoms with van der Waals surface area (Å²) in [5.74, 6) is -1.45. The third-order valence-electron chi connectivity index (χ3n) is 5.34. The minimum Gasteiger partial charge on any atom is -0.485 e. The van der Waals surface area contributed by atoms with Crippen molar-refractivity contribution in [3.05, 3.63) is 64.6 Å². The predicted molar refractivity (Wildman–Crippen MR) is 124 cm³/mol. The van der Waals surface area contributed by atoms with Gasteiger partial charge in [-0.3, -0.25) is 9.20 Å². The standard InChI is InChI=1S/C23H28F2N4O3.ClH/c1-5-23(3,26)13-27-22(30)20-14(2)28-21-19(9-15(11-31-4)10-29(20)21)32-12-16-17(24)7-6-8-18(16)25;/h6-10H,5,11-13,26H2,1-4H3,(H,27,30);1H. The molecule has 3 N–H and O–H groups in total. The van der Waals surface area contributed by atoms with E-state index in [9.17, 15) is 13.6 Å². The second-order valence-electron chi connectivity index (χ2n) is 8.06. The maximum absolute atomic E-state index is 14.0. The lowest BCUT2D eigenvalue weighted by atomic mass is 10.0. The van der Waals surface area contributed by atoms with Gasteiger partial charge >= 0.3 is 0 Å². The summed E-state index contributed by atoms with van der Waals surface area (Å²) < 4.78 is 40.6. The molecule has 0 bridgehead atoms. The van der Waals surface area contributed by atoms with E-state index in [0.29, 0.717) is 35.6 Å². The van der Waals surface area contributed by atoms with Crippen LogP contribution in [-0.4, -0.2) is 34.5 Å². The van der Waals surface area contributed by atoms with Gasteiger partial charge in [0.25, 0.3) is 5.91 Å². The number of halogens is 3. The molecule has 0 saturated carbocycles. The fourth-order valence-electron chi connectivity index (χ4n) is 3.22. The van der Waals surface area contributed by atoms with E-state index in [1.54, 1.807) is 30.7 Å². The zero-order valence-corrected chi connectivity index (χ0v) is 19.9. The normalized spacial score (nSPS) is 12.8. The molecule has 10 heteroatoms. The van der Waals surface area contributed by atoms with Crippen LogP contribution in [0.1, 0.15) is 47.6 Å². The number of aromatic nitrogens is 2. The summed E-state index contributed by atoms with van der Waals surface area (Å²) in [5, 5.41) is 2.86. The second-order valence-corrected chi connectivity index (χ2v) is 8.06. The number of amides is 1. The number of methoxy groups -OCH3 is 1. The molecule has 2 aromatic heterocycles. The average Bonchev–Trinajstić information content (AvgIpc) is 3.08. The summed E-state index contributed by atoms with van der Waals surface area (Å²) in [6.07, 6.45) is 2.42. The van der Waals surface area contributed by atoms with Crippen molar-refractivity contribution in [3.8, 4) is 5.75 Å². The molecule has 0 aliphatic rings. The molecule has 2 heterocycles. The number of pyridine rings is 1. The molecule has 1 aromatic carbocycles. The molecule has 1 unspecified atom stereocenters. The minimum atomic E-state index is -0.700. The minimum absolute atomic E-state index is 0. The van der Waals surface area contributed by atoms with Crippen molar-refractivity contribution in [3.63, 3.8) is 0 Å². The van der Waals surface area contributed by atoms with Gasteiger partial charge < -0.3 is 20.5 Å². The third-order valence-corrected chi connectivity index (χ3v) is 5.34. The number of ether oxygens (including phenoxy) is 2. The Morgan fingerprint density at radius 3 is 2.55 bits per heavy atom. The second kappa shape index (κ2) is 10.9. The quantitative estimate of drug-likeness (QED) is 0.482. The molecule has 0 aliphatic carbocycles. The van der Waals surface area contributed by atoms with Crippen molar-refractivity contribution in [2.45, 2.75) is 45.9 Å². The Morgan fingerprint density at radius 1 is 1.27 bits per heavy atom.